The molecule has 0 aliphatic rings. The molecule has 0 saturated carbocycles. The summed E-state index contributed by atoms with van der Waals surface area (Å²) < 4.78 is 21.9. The second-order valence-electron chi connectivity index (χ2n) is 10.6. The molecule has 0 N–H and O–H groups in total. The van der Waals surface area contributed by atoms with Gasteiger partial charge in [-0.3, -0.25) is 9.59 Å². The van der Waals surface area contributed by atoms with E-state index in [2.05, 4.69) is 6.92 Å². The molecule has 0 bridgehead atoms. The van der Waals surface area contributed by atoms with Crippen LogP contribution in [0.25, 0.3) is 11.1 Å². The summed E-state index contributed by atoms with van der Waals surface area (Å²) in [5.74, 6) is 1.42. The predicted octanol–water partition coefficient (Wildman–Crippen LogP) is 9.13. The average Bonchev–Trinajstić information content (AvgIpc) is 3.03. The van der Waals surface area contributed by atoms with E-state index in [0.29, 0.717) is 28.4 Å². The zero-order valence-electron chi connectivity index (χ0n) is 25.7. The molecule has 6 nitrogen and oxygen atoms in total. The second-order valence-corrected chi connectivity index (χ2v) is 10.6. The van der Waals surface area contributed by atoms with E-state index in [1.165, 1.54) is 79.1 Å². The molecule has 6 heteroatoms. The van der Waals surface area contributed by atoms with Crippen LogP contribution in [0.4, 0.5) is 0 Å². The molecule has 0 saturated heterocycles. The number of methoxy groups -OCH3 is 3. The van der Waals surface area contributed by atoms with Crippen molar-refractivity contribution in [3.63, 3.8) is 0 Å². The number of carbonyl (C=O) groups is 2. The molecular formula is C36H46O6. The van der Waals surface area contributed by atoms with Crippen molar-refractivity contribution in [3.8, 4) is 34.1 Å². The van der Waals surface area contributed by atoms with E-state index in [-0.39, 0.29) is 18.0 Å². The fraction of sp³-hybridized carbons (Fsp3) is 0.444. The van der Waals surface area contributed by atoms with E-state index < -0.39 is 0 Å². The molecule has 0 aromatic heterocycles. The van der Waals surface area contributed by atoms with Gasteiger partial charge in [0.25, 0.3) is 0 Å². The summed E-state index contributed by atoms with van der Waals surface area (Å²) in [5.41, 5.74) is 2.83. The summed E-state index contributed by atoms with van der Waals surface area (Å²) in [5, 5.41) is 0. The monoisotopic (exact) mass is 574 g/mol. The molecule has 3 aromatic carbocycles. The van der Waals surface area contributed by atoms with Crippen molar-refractivity contribution < 1.29 is 28.5 Å². The van der Waals surface area contributed by atoms with Gasteiger partial charge >= 0.3 is 0 Å². The highest BCUT2D eigenvalue weighted by Crippen LogP contribution is 2.38. The molecule has 0 heterocycles. The number of Topliss-reactive ketones (excluding diaryl/α,β-unsaturated/α-hetero) is 2. The summed E-state index contributed by atoms with van der Waals surface area (Å²) in [7, 11) is 4.47. The maximum Gasteiger partial charge on any atom is 0.203 e. The third kappa shape index (κ3) is 9.93. The van der Waals surface area contributed by atoms with E-state index in [0.717, 1.165) is 29.9 Å². The lowest BCUT2D eigenvalue weighted by atomic mass is 9.98. The van der Waals surface area contributed by atoms with Gasteiger partial charge in [-0.15, -0.1) is 0 Å². The number of unbranched alkanes of at least 4 members (excludes halogenated alkanes) is 9. The Bertz CT molecular complexity index is 1220. The molecule has 0 radical (unpaired) electrons. The third-order valence-corrected chi connectivity index (χ3v) is 7.47. The minimum absolute atomic E-state index is 0.254. The number of benzene rings is 3. The quantitative estimate of drug-likeness (QED) is 0.0761. The molecule has 0 fully saturated rings. The molecule has 226 valence electrons. The summed E-state index contributed by atoms with van der Waals surface area (Å²) in [4.78, 5) is 25.8. The van der Waals surface area contributed by atoms with Crippen molar-refractivity contribution in [3.05, 3.63) is 71.8 Å². The van der Waals surface area contributed by atoms with E-state index >= 15 is 0 Å². The Labute approximate surface area is 251 Å². The van der Waals surface area contributed by atoms with Crippen molar-refractivity contribution in [2.24, 2.45) is 0 Å². The van der Waals surface area contributed by atoms with Gasteiger partial charge in [-0.1, -0.05) is 101 Å². The molecule has 3 rings (SSSR count). The Morgan fingerprint density at radius 1 is 0.571 bits per heavy atom. The standard InChI is InChI=1S/C36H46O6/c1-5-6-7-8-9-10-11-12-13-14-23-42-31-21-19-28(20-22-31)27-15-17-29(18-16-27)32(37)26-33(38)30-24-34(39-2)36(41-4)35(25-30)40-3/h15-22,24-25H,5-14,23,26H2,1-4H3. The maximum atomic E-state index is 12.9. The molecule has 3 aromatic rings. The first-order valence-electron chi connectivity index (χ1n) is 15.2. The van der Waals surface area contributed by atoms with Crippen molar-refractivity contribution in [1.29, 1.82) is 0 Å². The summed E-state index contributed by atoms with van der Waals surface area (Å²) in [6, 6.07) is 18.5. The number of carbonyl (C=O) groups excluding carboxylic acids is 2. The summed E-state index contributed by atoms with van der Waals surface area (Å²) in [6.07, 6.45) is 12.8. The van der Waals surface area contributed by atoms with Crippen LogP contribution in [-0.2, 0) is 0 Å². The lowest BCUT2D eigenvalue weighted by Gasteiger charge is -2.13. The Morgan fingerprint density at radius 3 is 1.55 bits per heavy atom. The van der Waals surface area contributed by atoms with Crippen molar-refractivity contribution in [2.45, 2.75) is 77.6 Å². The minimum atomic E-state index is -0.322. The third-order valence-electron chi connectivity index (χ3n) is 7.47. The molecule has 0 spiro atoms. The highest BCUT2D eigenvalue weighted by atomic mass is 16.5. The largest absolute Gasteiger partial charge is 0.494 e. The highest BCUT2D eigenvalue weighted by Gasteiger charge is 2.19. The number of ketones is 2. The normalized spacial score (nSPS) is 10.8. The zero-order valence-corrected chi connectivity index (χ0v) is 25.7. The van der Waals surface area contributed by atoms with Crippen LogP contribution >= 0.6 is 0 Å². The second kappa shape index (κ2) is 17.9. The summed E-state index contributed by atoms with van der Waals surface area (Å²) >= 11 is 0. The van der Waals surface area contributed by atoms with Gasteiger partial charge in [0.05, 0.1) is 34.4 Å². The van der Waals surface area contributed by atoms with Crippen LogP contribution in [0.5, 0.6) is 23.0 Å². The van der Waals surface area contributed by atoms with Crippen LogP contribution in [0, 0.1) is 0 Å². The molecule has 42 heavy (non-hydrogen) atoms. The van der Waals surface area contributed by atoms with Gasteiger partial charge in [-0.25, -0.2) is 0 Å². The fourth-order valence-corrected chi connectivity index (χ4v) is 4.96. The van der Waals surface area contributed by atoms with Crippen LogP contribution in [0.3, 0.4) is 0 Å². The number of hydrogen-bond acceptors (Lipinski definition) is 6. The molecule has 0 aliphatic heterocycles. The SMILES string of the molecule is CCCCCCCCCCCCOc1ccc(-c2ccc(C(=O)CC(=O)c3cc(OC)c(OC)c(OC)c3)cc2)cc1. The van der Waals surface area contributed by atoms with Gasteiger partial charge < -0.3 is 18.9 Å². The lowest BCUT2D eigenvalue weighted by molar-refractivity contribution is 0.0893. The van der Waals surface area contributed by atoms with Crippen molar-refractivity contribution in [2.75, 3.05) is 27.9 Å². The predicted molar refractivity (Wildman–Crippen MR) is 169 cm³/mol. The molecular weight excluding hydrogens is 528 g/mol. The Morgan fingerprint density at radius 2 is 1.05 bits per heavy atom. The Kier molecular flexibility index (Phi) is 13.9. The van der Waals surface area contributed by atoms with E-state index in [9.17, 15) is 9.59 Å². The molecule has 0 atom stereocenters. The lowest BCUT2D eigenvalue weighted by Crippen LogP contribution is -2.09. The number of hydrogen-bond donors (Lipinski definition) is 0. The van der Waals surface area contributed by atoms with Crippen molar-refractivity contribution in [1.82, 2.24) is 0 Å². The highest BCUT2D eigenvalue weighted by molar-refractivity contribution is 6.14. The Hall–Kier alpha value is -3.80. The molecule has 0 aliphatic carbocycles. The Balaban J connectivity index is 1.45. The van der Waals surface area contributed by atoms with Crippen LogP contribution in [0.1, 0.15) is 98.3 Å². The minimum Gasteiger partial charge on any atom is -0.494 e. The van der Waals surface area contributed by atoms with Gasteiger partial charge in [0.1, 0.15) is 5.75 Å². The smallest absolute Gasteiger partial charge is 0.203 e. The molecule has 0 unspecified atom stereocenters. The van der Waals surface area contributed by atoms with Gasteiger partial charge in [0.15, 0.2) is 23.1 Å². The number of rotatable bonds is 20. The van der Waals surface area contributed by atoms with Crippen LogP contribution in [-0.4, -0.2) is 39.5 Å². The summed E-state index contributed by atoms with van der Waals surface area (Å²) in [6.45, 7) is 3.00. The topological polar surface area (TPSA) is 71.1 Å². The maximum absolute atomic E-state index is 12.9. The van der Waals surface area contributed by atoms with Gasteiger partial charge in [0.2, 0.25) is 5.75 Å². The first-order valence-corrected chi connectivity index (χ1v) is 15.2. The van der Waals surface area contributed by atoms with Crippen molar-refractivity contribution >= 4 is 11.6 Å². The van der Waals surface area contributed by atoms with E-state index in [1.807, 2.05) is 36.4 Å². The average molecular weight is 575 g/mol. The van der Waals surface area contributed by atoms with Gasteiger partial charge in [0, 0.05) is 11.1 Å². The van der Waals surface area contributed by atoms with Crippen LogP contribution < -0.4 is 18.9 Å². The van der Waals surface area contributed by atoms with Gasteiger partial charge in [-0.2, -0.15) is 0 Å². The fourth-order valence-electron chi connectivity index (χ4n) is 4.96. The first-order chi connectivity index (χ1) is 20.5. The van der Waals surface area contributed by atoms with Crippen LogP contribution in [0.15, 0.2) is 60.7 Å². The van der Waals surface area contributed by atoms with Crippen LogP contribution in [0.2, 0.25) is 0 Å². The zero-order chi connectivity index (χ0) is 30.2. The first kappa shape index (κ1) is 32.7. The van der Waals surface area contributed by atoms with Gasteiger partial charge in [-0.05, 0) is 41.8 Å². The number of ether oxygens (including phenoxy) is 4. The molecule has 0 amide bonds. The van der Waals surface area contributed by atoms with E-state index in [1.54, 1.807) is 24.3 Å². The van der Waals surface area contributed by atoms with E-state index in [4.69, 9.17) is 18.9 Å².